The minimum Gasteiger partial charge on any atom is -0.437 e. The number of fused-ring (bicyclic) bond motifs is 2. The lowest BCUT2D eigenvalue weighted by atomic mass is 10.1. The molecule has 6 nitrogen and oxygen atoms in total. The van der Waals surface area contributed by atoms with Crippen molar-refractivity contribution in [2.75, 3.05) is 0 Å². The SMILES string of the molecule is CC.NC(=O)c1ccc(Oc2cnc(CNC3Cc4ccccc4C3)c3ccccc23)nc1. The summed E-state index contributed by atoms with van der Waals surface area (Å²) in [4.78, 5) is 20.1. The fourth-order valence-electron chi connectivity index (χ4n) is 4.09. The molecule has 0 fully saturated rings. The van der Waals surface area contributed by atoms with Crippen LogP contribution >= 0.6 is 0 Å². The Morgan fingerprint density at radius 1 is 0.939 bits per heavy atom. The van der Waals surface area contributed by atoms with Crippen molar-refractivity contribution in [2.45, 2.75) is 39.3 Å². The number of nitrogens with two attached hydrogens (primary N) is 1. The molecule has 0 unspecified atom stereocenters. The molecule has 0 bridgehead atoms. The minimum absolute atomic E-state index is 0.339. The second kappa shape index (κ2) is 10.2. The van der Waals surface area contributed by atoms with Crippen LogP contribution in [0.2, 0.25) is 0 Å². The second-order valence-corrected chi connectivity index (χ2v) is 7.72. The first kappa shape index (κ1) is 22.4. The standard InChI is InChI=1S/C25H22N4O2.C2H6/c26-25(30)18-9-10-24(29-13-18)31-23-15-28-22(20-7-3-4-8-21(20)23)14-27-19-11-16-5-1-2-6-17(16)12-19;1-2/h1-10,13,15,19,27H,11-12,14H2,(H2,26,30);1-2H3. The van der Waals surface area contributed by atoms with E-state index < -0.39 is 5.91 Å². The van der Waals surface area contributed by atoms with Gasteiger partial charge in [-0.05, 0) is 30.0 Å². The van der Waals surface area contributed by atoms with Gasteiger partial charge in [0, 0.05) is 35.6 Å². The molecule has 0 saturated heterocycles. The van der Waals surface area contributed by atoms with Crippen LogP contribution in [0.4, 0.5) is 0 Å². The number of amides is 1. The van der Waals surface area contributed by atoms with Crippen molar-refractivity contribution >= 4 is 16.7 Å². The van der Waals surface area contributed by atoms with Gasteiger partial charge in [0.15, 0.2) is 5.75 Å². The van der Waals surface area contributed by atoms with Crippen molar-refractivity contribution in [3.8, 4) is 11.6 Å². The van der Waals surface area contributed by atoms with E-state index in [1.165, 1.54) is 17.3 Å². The smallest absolute Gasteiger partial charge is 0.250 e. The molecule has 2 aromatic heterocycles. The van der Waals surface area contributed by atoms with Crippen LogP contribution in [0.25, 0.3) is 10.8 Å². The van der Waals surface area contributed by atoms with E-state index in [0.717, 1.165) is 29.3 Å². The molecule has 33 heavy (non-hydrogen) atoms. The molecule has 0 atom stereocenters. The van der Waals surface area contributed by atoms with Crippen molar-refractivity contribution in [3.05, 3.63) is 95.4 Å². The van der Waals surface area contributed by atoms with E-state index in [1.54, 1.807) is 18.3 Å². The van der Waals surface area contributed by atoms with E-state index in [4.69, 9.17) is 10.5 Å². The molecular weight excluding hydrogens is 412 g/mol. The summed E-state index contributed by atoms with van der Waals surface area (Å²) in [5.41, 5.74) is 9.45. The Bertz CT molecular complexity index is 1230. The monoisotopic (exact) mass is 440 g/mol. The second-order valence-electron chi connectivity index (χ2n) is 7.72. The number of primary amides is 1. The molecule has 4 aromatic rings. The normalized spacial score (nSPS) is 12.7. The molecule has 2 heterocycles. The summed E-state index contributed by atoms with van der Waals surface area (Å²) in [5.74, 6) is 0.479. The van der Waals surface area contributed by atoms with Gasteiger partial charge in [0.2, 0.25) is 11.8 Å². The van der Waals surface area contributed by atoms with Gasteiger partial charge in [-0.25, -0.2) is 4.98 Å². The Kier molecular flexibility index (Phi) is 6.95. The summed E-state index contributed by atoms with van der Waals surface area (Å²) in [7, 11) is 0. The van der Waals surface area contributed by atoms with Crippen LogP contribution in [0.3, 0.4) is 0 Å². The Morgan fingerprint density at radius 2 is 1.61 bits per heavy atom. The Hall–Kier alpha value is -3.77. The van der Waals surface area contributed by atoms with Gasteiger partial charge in [0.05, 0.1) is 17.5 Å². The fraction of sp³-hybridized carbons (Fsp3) is 0.222. The van der Waals surface area contributed by atoms with Crippen molar-refractivity contribution < 1.29 is 9.53 Å². The number of carbonyl (C=O) groups is 1. The average Bonchev–Trinajstić information content (AvgIpc) is 3.28. The summed E-state index contributed by atoms with van der Waals surface area (Å²) < 4.78 is 5.96. The number of hydrogen-bond acceptors (Lipinski definition) is 5. The van der Waals surface area contributed by atoms with E-state index in [2.05, 4.69) is 45.6 Å². The molecular formula is C27H28N4O2. The van der Waals surface area contributed by atoms with Gasteiger partial charge in [-0.15, -0.1) is 0 Å². The van der Waals surface area contributed by atoms with E-state index in [1.807, 2.05) is 32.0 Å². The number of hydrogen-bond donors (Lipinski definition) is 2. The number of pyridine rings is 2. The van der Waals surface area contributed by atoms with Crippen LogP contribution in [0.15, 0.2) is 73.1 Å². The van der Waals surface area contributed by atoms with Crippen LogP contribution in [-0.4, -0.2) is 21.9 Å². The lowest BCUT2D eigenvalue weighted by Gasteiger charge is -2.14. The third kappa shape index (κ3) is 5.02. The Balaban J connectivity index is 0.00000126. The zero-order chi connectivity index (χ0) is 23.2. The zero-order valence-corrected chi connectivity index (χ0v) is 18.9. The maximum atomic E-state index is 11.2. The molecule has 5 rings (SSSR count). The molecule has 1 aliphatic carbocycles. The molecule has 6 heteroatoms. The first-order chi connectivity index (χ1) is 16.2. The van der Waals surface area contributed by atoms with Crippen molar-refractivity contribution in [3.63, 3.8) is 0 Å². The molecule has 168 valence electrons. The zero-order valence-electron chi connectivity index (χ0n) is 18.9. The maximum absolute atomic E-state index is 11.2. The van der Waals surface area contributed by atoms with Gasteiger partial charge in [-0.1, -0.05) is 62.4 Å². The van der Waals surface area contributed by atoms with E-state index in [-0.39, 0.29) is 0 Å². The molecule has 1 amide bonds. The predicted molar refractivity (Wildman–Crippen MR) is 130 cm³/mol. The first-order valence-electron chi connectivity index (χ1n) is 11.3. The summed E-state index contributed by atoms with van der Waals surface area (Å²) in [5, 5.41) is 5.66. The first-order valence-corrected chi connectivity index (χ1v) is 11.3. The van der Waals surface area contributed by atoms with Crippen LogP contribution in [-0.2, 0) is 19.4 Å². The minimum atomic E-state index is -0.520. The van der Waals surface area contributed by atoms with Gasteiger partial charge < -0.3 is 15.8 Å². The predicted octanol–water partition coefficient (Wildman–Crippen LogP) is 4.80. The van der Waals surface area contributed by atoms with E-state index in [9.17, 15) is 4.79 Å². The van der Waals surface area contributed by atoms with E-state index in [0.29, 0.717) is 29.8 Å². The van der Waals surface area contributed by atoms with Crippen molar-refractivity contribution in [1.29, 1.82) is 0 Å². The van der Waals surface area contributed by atoms with Crippen LogP contribution in [0.5, 0.6) is 11.6 Å². The van der Waals surface area contributed by atoms with Gasteiger partial charge >= 0.3 is 0 Å². The number of aromatic nitrogens is 2. The van der Waals surface area contributed by atoms with Gasteiger partial charge in [-0.3, -0.25) is 9.78 Å². The van der Waals surface area contributed by atoms with Gasteiger partial charge in [0.1, 0.15) is 0 Å². The highest BCUT2D eigenvalue weighted by molar-refractivity contribution is 5.92. The van der Waals surface area contributed by atoms with Crippen LogP contribution < -0.4 is 15.8 Å². The summed E-state index contributed by atoms with van der Waals surface area (Å²) in [6.45, 7) is 4.69. The topological polar surface area (TPSA) is 90.1 Å². The highest BCUT2D eigenvalue weighted by Gasteiger charge is 2.21. The largest absolute Gasteiger partial charge is 0.437 e. The quantitative estimate of drug-likeness (QED) is 0.449. The third-order valence-corrected chi connectivity index (χ3v) is 5.69. The number of ether oxygens (including phenoxy) is 1. The Labute approximate surface area is 193 Å². The number of nitrogens with zero attached hydrogens (tertiary/aromatic N) is 2. The van der Waals surface area contributed by atoms with Gasteiger partial charge in [-0.2, -0.15) is 0 Å². The lowest BCUT2D eigenvalue weighted by Crippen LogP contribution is -2.29. The molecule has 0 aliphatic heterocycles. The number of benzene rings is 2. The third-order valence-electron chi connectivity index (χ3n) is 5.69. The maximum Gasteiger partial charge on any atom is 0.250 e. The fourth-order valence-corrected chi connectivity index (χ4v) is 4.09. The summed E-state index contributed by atoms with van der Waals surface area (Å²) in [6.07, 6.45) is 5.22. The van der Waals surface area contributed by atoms with Gasteiger partial charge in [0.25, 0.3) is 0 Å². The Morgan fingerprint density at radius 3 is 2.24 bits per heavy atom. The van der Waals surface area contributed by atoms with E-state index >= 15 is 0 Å². The lowest BCUT2D eigenvalue weighted by molar-refractivity contribution is 0.1000. The summed E-state index contributed by atoms with van der Waals surface area (Å²) in [6, 6.07) is 20.3. The molecule has 0 saturated carbocycles. The number of carbonyl (C=O) groups excluding carboxylic acids is 1. The van der Waals surface area contributed by atoms with Crippen LogP contribution in [0, 0.1) is 0 Å². The highest BCUT2D eigenvalue weighted by Crippen LogP contribution is 2.30. The average molecular weight is 441 g/mol. The van der Waals surface area contributed by atoms with Crippen LogP contribution in [0.1, 0.15) is 41.0 Å². The number of rotatable bonds is 6. The molecule has 1 aliphatic rings. The van der Waals surface area contributed by atoms with Crippen molar-refractivity contribution in [1.82, 2.24) is 15.3 Å². The molecule has 3 N–H and O–H groups in total. The number of nitrogens with one attached hydrogen (secondary N) is 1. The molecule has 0 radical (unpaired) electrons. The highest BCUT2D eigenvalue weighted by atomic mass is 16.5. The molecule has 2 aromatic carbocycles. The van der Waals surface area contributed by atoms with Crippen molar-refractivity contribution in [2.24, 2.45) is 5.73 Å². The molecule has 0 spiro atoms. The summed E-state index contributed by atoms with van der Waals surface area (Å²) >= 11 is 0.